The number of rotatable bonds is 19. The van der Waals surface area contributed by atoms with Crippen molar-refractivity contribution in [3.8, 4) is 11.5 Å². The highest BCUT2D eigenvalue weighted by molar-refractivity contribution is 5.44. The second-order valence-electron chi connectivity index (χ2n) is 8.93. The first-order valence-corrected chi connectivity index (χ1v) is 13.1. The maximum atomic E-state index is 9.35. The third-order valence-electron chi connectivity index (χ3n) is 6.34. The van der Waals surface area contributed by atoms with Crippen LogP contribution in [0.2, 0.25) is 0 Å². The molecule has 0 radical (unpaired) electrons. The second kappa shape index (κ2) is 17.0. The van der Waals surface area contributed by atoms with Gasteiger partial charge in [-0.25, -0.2) is 0 Å². The van der Waals surface area contributed by atoms with E-state index in [2.05, 4.69) is 24.1 Å². The first kappa shape index (κ1) is 28.8. The highest BCUT2D eigenvalue weighted by Gasteiger charge is 2.23. The minimum absolute atomic E-state index is 0.170. The highest BCUT2D eigenvalue weighted by Crippen LogP contribution is 2.23. The Morgan fingerprint density at radius 3 is 1.57 bits per heavy atom. The van der Waals surface area contributed by atoms with E-state index in [0.29, 0.717) is 6.61 Å². The van der Waals surface area contributed by atoms with Gasteiger partial charge in [0.1, 0.15) is 24.6 Å². The van der Waals surface area contributed by atoms with Gasteiger partial charge in [-0.15, -0.1) is 0 Å². The van der Waals surface area contributed by atoms with E-state index in [-0.39, 0.29) is 13.2 Å². The van der Waals surface area contributed by atoms with E-state index in [1.54, 1.807) is 0 Å². The number of ether oxygens (including phenoxy) is 2. The zero-order valence-corrected chi connectivity index (χ0v) is 21.6. The van der Waals surface area contributed by atoms with Crippen molar-refractivity contribution in [2.24, 2.45) is 10.2 Å². The number of unbranched alkanes of at least 4 members (excludes halogenated alkanes) is 4. The monoisotopic (exact) mass is 486 g/mol. The Bertz CT molecular complexity index is 819. The smallest absolute Gasteiger partial charge is 0.119 e. The van der Waals surface area contributed by atoms with Crippen molar-refractivity contribution in [3.05, 3.63) is 48.5 Å². The molecule has 0 saturated heterocycles. The van der Waals surface area contributed by atoms with Crippen LogP contribution in [0, 0.1) is 0 Å². The van der Waals surface area contributed by atoms with E-state index in [0.717, 1.165) is 98.7 Å². The lowest BCUT2D eigenvalue weighted by atomic mass is 10.1. The van der Waals surface area contributed by atoms with E-state index < -0.39 is 0 Å². The highest BCUT2D eigenvalue weighted by atomic mass is 16.5. The van der Waals surface area contributed by atoms with Crippen LogP contribution in [0.5, 0.6) is 11.5 Å². The van der Waals surface area contributed by atoms with Gasteiger partial charge in [0.25, 0.3) is 0 Å². The SMILES string of the molecule is CCCCOc1ccc(N=Nc2ccc(OCCCCCC[N+](CC)(CCO)CCO)cc2)cc1. The summed E-state index contributed by atoms with van der Waals surface area (Å²) in [7, 11) is 0. The minimum atomic E-state index is 0.170. The van der Waals surface area contributed by atoms with Gasteiger partial charge in [0, 0.05) is 0 Å². The molecule has 0 aliphatic heterocycles. The Kier molecular flexibility index (Phi) is 14.0. The Hall–Kier alpha value is -2.48. The molecule has 0 unspecified atom stereocenters. The molecule has 7 heteroatoms. The minimum Gasteiger partial charge on any atom is -0.494 e. The molecule has 0 fully saturated rings. The summed E-state index contributed by atoms with van der Waals surface area (Å²) in [4.78, 5) is 0. The summed E-state index contributed by atoms with van der Waals surface area (Å²) < 4.78 is 12.3. The number of likely N-dealkylation sites (N-methyl/N-ethyl adjacent to an activating group) is 1. The molecule has 2 aromatic carbocycles. The third-order valence-corrected chi connectivity index (χ3v) is 6.34. The summed E-state index contributed by atoms with van der Waals surface area (Å²) in [6.45, 7) is 9.43. The zero-order valence-electron chi connectivity index (χ0n) is 21.6. The van der Waals surface area contributed by atoms with Gasteiger partial charge in [-0.3, -0.25) is 0 Å². The van der Waals surface area contributed by atoms with Gasteiger partial charge in [-0.1, -0.05) is 13.3 Å². The van der Waals surface area contributed by atoms with Crippen LogP contribution < -0.4 is 9.47 Å². The molecule has 0 aliphatic rings. The lowest BCUT2D eigenvalue weighted by Gasteiger charge is -2.37. The molecule has 2 rings (SSSR count). The molecule has 7 nitrogen and oxygen atoms in total. The number of nitrogens with zero attached hydrogens (tertiary/aromatic N) is 3. The predicted molar refractivity (Wildman–Crippen MR) is 141 cm³/mol. The molecule has 0 saturated carbocycles. The molecular weight excluding hydrogens is 442 g/mol. The number of azo groups is 1. The molecule has 35 heavy (non-hydrogen) atoms. The van der Waals surface area contributed by atoms with Crippen LogP contribution in [0.15, 0.2) is 58.8 Å². The number of hydrogen-bond donors (Lipinski definition) is 2. The van der Waals surface area contributed by atoms with Crippen molar-refractivity contribution in [2.75, 3.05) is 52.6 Å². The molecule has 0 bridgehead atoms. The standard InChI is InChI=1S/C28H44N3O4/c1-3-5-23-34-27-14-10-25(11-15-27)29-30-26-12-16-28(17-13-26)35-24-9-7-6-8-18-31(4-2,19-21-32)20-22-33/h10-17,32-33H,3-9,18-24H2,1-2H3/q+1. The van der Waals surface area contributed by atoms with Crippen molar-refractivity contribution in [1.82, 2.24) is 0 Å². The fourth-order valence-corrected chi connectivity index (χ4v) is 3.99. The fraction of sp³-hybridized carbons (Fsp3) is 0.571. The average molecular weight is 487 g/mol. The lowest BCUT2D eigenvalue weighted by Crippen LogP contribution is -2.52. The molecule has 0 heterocycles. The van der Waals surface area contributed by atoms with Gasteiger partial charge >= 0.3 is 0 Å². The van der Waals surface area contributed by atoms with E-state index in [9.17, 15) is 10.2 Å². The van der Waals surface area contributed by atoms with Gasteiger partial charge < -0.3 is 24.2 Å². The number of aliphatic hydroxyl groups is 2. The summed E-state index contributed by atoms with van der Waals surface area (Å²) in [5, 5.41) is 27.3. The topological polar surface area (TPSA) is 83.6 Å². The molecule has 0 spiro atoms. The van der Waals surface area contributed by atoms with Crippen LogP contribution in [0.25, 0.3) is 0 Å². The summed E-state index contributed by atoms with van der Waals surface area (Å²) in [5.41, 5.74) is 1.57. The van der Waals surface area contributed by atoms with Crippen LogP contribution in [-0.4, -0.2) is 67.3 Å². The van der Waals surface area contributed by atoms with Gasteiger partial charge in [-0.05, 0) is 87.6 Å². The molecular formula is C28H44N3O4+. The van der Waals surface area contributed by atoms with E-state index >= 15 is 0 Å². The van der Waals surface area contributed by atoms with Crippen LogP contribution in [0.3, 0.4) is 0 Å². The molecule has 0 aromatic heterocycles. The Balaban J connectivity index is 1.65. The Morgan fingerprint density at radius 1 is 0.629 bits per heavy atom. The van der Waals surface area contributed by atoms with Crippen molar-refractivity contribution in [2.45, 2.75) is 52.4 Å². The number of benzene rings is 2. The van der Waals surface area contributed by atoms with Crippen LogP contribution in [0.1, 0.15) is 52.4 Å². The predicted octanol–water partition coefficient (Wildman–Crippen LogP) is 6.04. The Morgan fingerprint density at radius 2 is 1.11 bits per heavy atom. The number of quaternary nitrogens is 1. The first-order valence-electron chi connectivity index (χ1n) is 13.1. The van der Waals surface area contributed by atoms with Crippen molar-refractivity contribution in [1.29, 1.82) is 0 Å². The molecule has 0 amide bonds. The van der Waals surface area contributed by atoms with Crippen molar-refractivity contribution < 1.29 is 24.2 Å². The normalized spacial score (nSPS) is 11.8. The molecule has 2 aromatic rings. The fourth-order valence-electron chi connectivity index (χ4n) is 3.99. The molecule has 0 aliphatic carbocycles. The van der Waals surface area contributed by atoms with E-state index in [1.807, 2.05) is 48.5 Å². The van der Waals surface area contributed by atoms with Crippen LogP contribution in [-0.2, 0) is 0 Å². The maximum Gasteiger partial charge on any atom is 0.119 e. The van der Waals surface area contributed by atoms with E-state index in [4.69, 9.17) is 9.47 Å². The second-order valence-corrected chi connectivity index (χ2v) is 8.93. The Labute approximate surface area is 211 Å². The lowest BCUT2D eigenvalue weighted by molar-refractivity contribution is -0.927. The van der Waals surface area contributed by atoms with Gasteiger partial charge in [0.2, 0.25) is 0 Å². The first-order chi connectivity index (χ1) is 17.1. The zero-order chi connectivity index (χ0) is 25.2. The molecule has 0 atom stereocenters. The quantitative estimate of drug-likeness (QED) is 0.144. The number of aliphatic hydroxyl groups excluding tert-OH is 2. The van der Waals surface area contributed by atoms with Crippen molar-refractivity contribution >= 4 is 11.4 Å². The average Bonchev–Trinajstić information content (AvgIpc) is 2.88. The van der Waals surface area contributed by atoms with Crippen molar-refractivity contribution in [3.63, 3.8) is 0 Å². The maximum absolute atomic E-state index is 9.35. The van der Waals surface area contributed by atoms with Crippen LogP contribution >= 0.6 is 0 Å². The summed E-state index contributed by atoms with van der Waals surface area (Å²) in [6.07, 6.45) is 6.52. The van der Waals surface area contributed by atoms with Crippen LogP contribution in [0.4, 0.5) is 11.4 Å². The molecule has 194 valence electrons. The summed E-state index contributed by atoms with van der Waals surface area (Å²) in [5.74, 6) is 1.70. The third kappa shape index (κ3) is 11.2. The summed E-state index contributed by atoms with van der Waals surface area (Å²) >= 11 is 0. The largest absolute Gasteiger partial charge is 0.494 e. The number of hydrogen-bond acceptors (Lipinski definition) is 6. The summed E-state index contributed by atoms with van der Waals surface area (Å²) in [6, 6.07) is 15.3. The van der Waals surface area contributed by atoms with E-state index in [1.165, 1.54) is 0 Å². The molecule has 2 N–H and O–H groups in total. The van der Waals surface area contributed by atoms with Gasteiger partial charge in [0.05, 0.1) is 50.9 Å². The van der Waals surface area contributed by atoms with Gasteiger partial charge in [0.15, 0.2) is 0 Å². The van der Waals surface area contributed by atoms with Gasteiger partial charge in [-0.2, -0.15) is 10.2 Å².